The maximum atomic E-state index is 13.2. The van der Waals surface area contributed by atoms with Crippen molar-refractivity contribution in [3.8, 4) is 0 Å². The number of nitrogens with zero attached hydrogens (tertiary/aromatic N) is 6. The van der Waals surface area contributed by atoms with Crippen LogP contribution in [0.5, 0.6) is 0 Å². The van der Waals surface area contributed by atoms with Gasteiger partial charge in [0.25, 0.3) is 0 Å². The van der Waals surface area contributed by atoms with Crippen LogP contribution >= 0.6 is 0 Å². The van der Waals surface area contributed by atoms with E-state index in [1.807, 2.05) is 16.8 Å². The predicted molar refractivity (Wildman–Crippen MR) is 105 cm³/mol. The van der Waals surface area contributed by atoms with Gasteiger partial charge in [-0.3, -0.25) is 4.90 Å². The minimum absolute atomic E-state index is 0.140. The Labute approximate surface area is 161 Å². The van der Waals surface area contributed by atoms with Crippen LogP contribution in [0.3, 0.4) is 0 Å². The van der Waals surface area contributed by atoms with E-state index >= 15 is 0 Å². The van der Waals surface area contributed by atoms with Crippen LogP contribution in [0.25, 0.3) is 0 Å². The molecule has 0 saturated carbocycles. The molecule has 3 rings (SSSR count). The summed E-state index contributed by atoms with van der Waals surface area (Å²) in [5.74, 6) is 0.775. The predicted octanol–water partition coefficient (Wildman–Crippen LogP) is 3.62. The van der Waals surface area contributed by atoms with Gasteiger partial charge in [-0.25, -0.2) is 9.07 Å². The van der Waals surface area contributed by atoms with E-state index in [4.69, 9.17) is 0 Å². The molecule has 148 valence electrons. The summed E-state index contributed by atoms with van der Waals surface area (Å²) >= 11 is 0. The molecule has 0 N–H and O–H groups in total. The fourth-order valence-electron chi connectivity index (χ4n) is 3.70. The highest BCUT2D eigenvalue weighted by Crippen LogP contribution is 2.29. The summed E-state index contributed by atoms with van der Waals surface area (Å²) in [5.41, 5.74) is 0.944. The molecule has 1 fully saturated rings. The fraction of sp³-hybridized carbons (Fsp3) is 0.650. The summed E-state index contributed by atoms with van der Waals surface area (Å²) in [7, 11) is 0. The van der Waals surface area contributed by atoms with Crippen LogP contribution in [0, 0.1) is 5.82 Å². The molecule has 6 nitrogen and oxygen atoms in total. The molecule has 1 aromatic heterocycles. The van der Waals surface area contributed by atoms with E-state index in [1.54, 1.807) is 0 Å². The Morgan fingerprint density at radius 1 is 1.07 bits per heavy atom. The van der Waals surface area contributed by atoms with Crippen LogP contribution in [-0.4, -0.2) is 51.3 Å². The molecule has 0 bridgehead atoms. The number of rotatable bonds is 6. The van der Waals surface area contributed by atoms with Crippen molar-refractivity contribution in [1.82, 2.24) is 25.1 Å². The van der Waals surface area contributed by atoms with E-state index in [-0.39, 0.29) is 17.4 Å². The molecule has 0 spiro atoms. The Morgan fingerprint density at radius 3 is 2.33 bits per heavy atom. The first-order valence-electron chi connectivity index (χ1n) is 9.93. The zero-order valence-corrected chi connectivity index (χ0v) is 16.9. The van der Waals surface area contributed by atoms with Crippen molar-refractivity contribution in [3.63, 3.8) is 0 Å². The lowest BCUT2D eigenvalue weighted by Crippen LogP contribution is -2.48. The van der Waals surface area contributed by atoms with Crippen molar-refractivity contribution < 1.29 is 4.39 Å². The van der Waals surface area contributed by atoms with Gasteiger partial charge in [0.2, 0.25) is 0 Å². The first-order valence-corrected chi connectivity index (χ1v) is 9.93. The number of aromatic nitrogens is 4. The molecule has 2 heterocycles. The minimum atomic E-state index is -0.189. The van der Waals surface area contributed by atoms with E-state index in [0.717, 1.165) is 57.0 Å². The van der Waals surface area contributed by atoms with E-state index in [2.05, 4.69) is 53.0 Å². The molecule has 2 aromatic rings. The summed E-state index contributed by atoms with van der Waals surface area (Å²) in [6.45, 7) is 12.4. The van der Waals surface area contributed by atoms with E-state index in [9.17, 15) is 4.39 Å². The maximum Gasteiger partial charge on any atom is 0.168 e. The average Bonchev–Trinajstić information content (AvgIpc) is 3.13. The van der Waals surface area contributed by atoms with Crippen molar-refractivity contribution in [2.75, 3.05) is 31.1 Å². The highest BCUT2D eigenvalue weighted by Gasteiger charge is 2.31. The molecule has 1 aromatic carbocycles. The van der Waals surface area contributed by atoms with Crippen LogP contribution in [-0.2, 0) is 5.54 Å². The van der Waals surface area contributed by atoms with Crippen molar-refractivity contribution in [2.45, 2.75) is 58.5 Å². The Kier molecular flexibility index (Phi) is 6.09. The first kappa shape index (κ1) is 19.7. The van der Waals surface area contributed by atoms with Gasteiger partial charge < -0.3 is 4.90 Å². The molecule has 27 heavy (non-hydrogen) atoms. The third-order valence-electron chi connectivity index (χ3n) is 5.21. The SMILES string of the molecule is CCCC[C@H](c1nnnn1C(C)(C)C)N1CCN(c2ccc(F)cc2)CC1. The number of hydrogen-bond acceptors (Lipinski definition) is 5. The fourth-order valence-corrected chi connectivity index (χ4v) is 3.70. The molecule has 0 radical (unpaired) electrons. The molecule has 0 unspecified atom stereocenters. The first-order chi connectivity index (χ1) is 12.9. The van der Waals surface area contributed by atoms with Crippen LogP contribution in [0.15, 0.2) is 24.3 Å². The molecule has 1 saturated heterocycles. The van der Waals surface area contributed by atoms with Gasteiger partial charge in [0.05, 0.1) is 11.6 Å². The van der Waals surface area contributed by atoms with Crippen LogP contribution < -0.4 is 4.90 Å². The van der Waals surface area contributed by atoms with Crippen LogP contribution in [0.2, 0.25) is 0 Å². The molecule has 1 aliphatic heterocycles. The van der Waals surface area contributed by atoms with Gasteiger partial charge in [-0.05, 0) is 61.9 Å². The molecular formula is C20H31FN6. The summed E-state index contributed by atoms with van der Waals surface area (Å²) in [6, 6.07) is 7.01. The van der Waals surface area contributed by atoms with E-state index < -0.39 is 0 Å². The normalized spacial score (nSPS) is 17.3. The smallest absolute Gasteiger partial charge is 0.168 e. The zero-order valence-electron chi connectivity index (χ0n) is 16.9. The monoisotopic (exact) mass is 374 g/mol. The summed E-state index contributed by atoms with van der Waals surface area (Å²) in [6.07, 6.45) is 3.37. The number of piperazine rings is 1. The molecular weight excluding hydrogens is 343 g/mol. The van der Waals surface area contributed by atoms with Crippen molar-refractivity contribution in [2.24, 2.45) is 0 Å². The Hall–Kier alpha value is -2.02. The summed E-state index contributed by atoms with van der Waals surface area (Å²) in [5, 5.41) is 12.6. The number of hydrogen-bond donors (Lipinski definition) is 0. The molecule has 0 aliphatic carbocycles. The van der Waals surface area contributed by atoms with Crippen molar-refractivity contribution >= 4 is 5.69 Å². The van der Waals surface area contributed by atoms with Gasteiger partial charge in [0.1, 0.15) is 5.82 Å². The highest BCUT2D eigenvalue weighted by atomic mass is 19.1. The molecule has 1 aliphatic rings. The Balaban J connectivity index is 1.74. The topological polar surface area (TPSA) is 50.1 Å². The summed E-state index contributed by atoms with van der Waals surface area (Å²) < 4.78 is 15.2. The highest BCUT2D eigenvalue weighted by molar-refractivity contribution is 5.46. The van der Waals surface area contributed by atoms with Gasteiger partial charge >= 0.3 is 0 Å². The van der Waals surface area contributed by atoms with Gasteiger partial charge in [-0.2, -0.15) is 0 Å². The lowest BCUT2D eigenvalue weighted by Gasteiger charge is -2.40. The van der Waals surface area contributed by atoms with E-state index in [1.165, 1.54) is 12.1 Å². The number of anilines is 1. The minimum Gasteiger partial charge on any atom is -0.369 e. The Morgan fingerprint density at radius 2 is 1.74 bits per heavy atom. The third-order valence-corrected chi connectivity index (χ3v) is 5.21. The molecule has 0 amide bonds. The molecule has 7 heteroatoms. The number of halogens is 1. The standard InChI is InChI=1S/C20H31FN6/c1-5-6-7-18(19-22-23-24-27(19)20(2,3)4)26-14-12-25(13-15-26)17-10-8-16(21)9-11-17/h8-11,18H,5-7,12-15H2,1-4H3/t18-/m1/s1. The third kappa shape index (κ3) is 4.64. The van der Waals surface area contributed by atoms with Crippen LogP contribution in [0.4, 0.5) is 10.1 Å². The van der Waals surface area contributed by atoms with Crippen molar-refractivity contribution in [1.29, 1.82) is 0 Å². The van der Waals surface area contributed by atoms with Crippen molar-refractivity contribution in [3.05, 3.63) is 35.9 Å². The number of unbranched alkanes of at least 4 members (excludes halogenated alkanes) is 1. The number of tetrazole rings is 1. The Bertz CT molecular complexity index is 713. The quantitative estimate of drug-likeness (QED) is 0.773. The summed E-state index contributed by atoms with van der Waals surface area (Å²) in [4.78, 5) is 4.82. The van der Waals surface area contributed by atoms with Gasteiger partial charge in [0, 0.05) is 31.9 Å². The lowest BCUT2D eigenvalue weighted by molar-refractivity contribution is 0.155. The van der Waals surface area contributed by atoms with E-state index in [0.29, 0.717) is 0 Å². The maximum absolute atomic E-state index is 13.2. The molecule has 1 atom stereocenters. The largest absolute Gasteiger partial charge is 0.369 e. The lowest BCUT2D eigenvalue weighted by atomic mass is 10.0. The van der Waals surface area contributed by atoms with Gasteiger partial charge in [0.15, 0.2) is 5.82 Å². The van der Waals surface area contributed by atoms with Crippen LogP contribution in [0.1, 0.15) is 58.8 Å². The number of benzene rings is 1. The second-order valence-electron chi connectivity index (χ2n) is 8.28. The van der Waals surface area contributed by atoms with Gasteiger partial charge in [-0.15, -0.1) is 5.10 Å². The van der Waals surface area contributed by atoms with Gasteiger partial charge in [-0.1, -0.05) is 19.8 Å². The second kappa shape index (κ2) is 8.33. The second-order valence-corrected chi connectivity index (χ2v) is 8.28. The zero-order chi connectivity index (χ0) is 19.4. The average molecular weight is 375 g/mol.